The predicted octanol–water partition coefficient (Wildman–Crippen LogP) is -1.37. The van der Waals surface area contributed by atoms with Gasteiger partial charge in [0.25, 0.3) is 0 Å². The largest absolute Gasteiger partial charge is 0.479 e. The molecule has 0 aromatic heterocycles. The first-order valence-electron chi connectivity index (χ1n) is 29.4. The lowest BCUT2D eigenvalue weighted by Gasteiger charge is -2.72. The van der Waals surface area contributed by atoms with E-state index in [2.05, 4.69) is 40.7 Å². The van der Waals surface area contributed by atoms with Gasteiger partial charge in [-0.3, -0.25) is 0 Å². The molecule has 14 N–H and O–H groups in total. The molecule has 0 radical (unpaired) electrons. The molecule has 0 bridgehead atoms. The zero-order chi connectivity index (χ0) is 61.0. The fraction of sp³-hybridized carbons (Fsp3) is 0.897. The Balaban J connectivity index is 1.04. The summed E-state index contributed by atoms with van der Waals surface area (Å²) in [5, 5.41) is 154. The van der Waals surface area contributed by atoms with E-state index in [1.807, 2.05) is 13.8 Å². The topological polar surface area (TPSA) is 400 Å². The molecule has 4 saturated carbocycles. The highest BCUT2D eigenvalue weighted by Crippen LogP contribution is 2.76. The fourth-order valence-corrected chi connectivity index (χ4v) is 17.1. The fourth-order valence-electron chi connectivity index (χ4n) is 17.1. The van der Waals surface area contributed by atoms with E-state index in [-0.39, 0.29) is 40.6 Å². The highest BCUT2D eigenvalue weighted by atomic mass is 16.8. The zero-order valence-corrected chi connectivity index (χ0v) is 48.8. The van der Waals surface area contributed by atoms with Crippen molar-refractivity contribution in [1.82, 2.24) is 0 Å². The van der Waals surface area contributed by atoms with Crippen LogP contribution >= 0.6 is 0 Å². The summed E-state index contributed by atoms with van der Waals surface area (Å²) in [6.45, 7) is 15.9. The standard InChI is InChI=1S/C58H92O25/c1-10-24(2)48(74)78-34-19-53(3,4)17-26-25-11-12-31-55(7)15-14-33(54(5,6)30(55)13-16-56(31,8)57(25,9)18-32(63)58(26,34)23-61)79-52-46(83-50-41(70)38(67)36(65)28(20-59)76-50)43(42(71)44(81-52)47(72)73)80-51-45(39(68)37(66)29(21-60)77-51)82-49-40(69)35(64)27(62)22-75-49/h10-11,26-46,49-52,59-71H,12-23H2,1-9H3,(H,72,73). The summed E-state index contributed by atoms with van der Waals surface area (Å²) in [5.41, 5.74) is -1.93. The monoisotopic (exact) mass is 1190 g/mol. The van der Waals surface area contributed by atoms with Gasteiger partial charge in [0.1, 0.15) is 91.6 Å². The summed E-state index contributed by atoms with van der Waals surface area (Å²) in [6, 6.07) is 0. The number of hydrogen-bond donors (Lipinski definition) is 14. The first-order valence-corrected chi connectivity index (χ1v) is 29.4. The summed E-state index contributed by atoms with van der Waals surface area (Å²) in [6.07, 6.45) is -30.5. The molecule has 25 nitrogen and oxygen atoms in total. The van der Waals surface area contributed by atoms with Gasteiger partial charge in [0.2, 0.25) is 0 Å². The van der Waals surface area contributed by atoms with Crippen LogP contribution in [0.1, 0.15) is 114 Å². The molecule has 9 aliphatic rings. The average Bonchev–Trinajstić information content (AvgIpc) is 0.779. The number of aliphatic hydroxyl groups is 13. The Morgan fingerprint density at radius 3 is 1.87 bits per heavy atom. The van der Waals surface area contributed by atoms with E-state index in [0.717, 1.165) is 0 Å². The Labute approximate surface area is 483 Å². The second kappa shape index (κ2) is 23.8. The normalized spacial score (nSPS) is 51.5. The van der Waals surface area contributed by atoms with Gasteiger partial charge in [-0.2, -0.15) is 0 Å². The molecule has 474 valence electrons. The molecule has 0 aromatic carbocycles. The molecule has 9 rings (SSSR count). The minimum atomic E-state index is -2.26. The van der Waals surface area contributed by atoms with Crippen molar-refractivity contribution >= 4 is 11.9 Å². The van der Waals surface area contributed by atoms with E-state index in [4.69, 9.17) is 42.6 Å². The number of allylic oxidation sites excluding steroid dienone is 3. The first kappa shape index (κ1) is 65.0. The van der Waals surface area contributed by atoms with Crippen LogP contribution < -0.4 is 0 Å². The molecule has 4 aliphatic heterocycles. The van der Waals surface area contributed by atoms with Crippen LogP contribution in [-0.2, 0) is 52.2 Å². The van der Waals surface area contributed by atoms with Crippen LogP contribution in [0.5, 0.6) is 0 Å². The Morgan fingerprint density at radius 2 is 1.24 bits per heavy atom. The number of carboxylic acid groups (broad SMARTS) is 1. The van der Waals surface area contributed by atoms with Gasteiger partial charge in [0, 0.05) is 5.57 Å². The van der Waals surface area contributed by atoms with Gasteiger partial charge >= 0.3 is 11.9 Å². The molecular formula is C58H92O25. The lowest BCUT2D eigenvalue weighted by atomic mass is 9.33. The molecule has 83 heavy (non-hydrogen) atoms. The van der Waals surface area contributed by atoms with Crippen molar-refractivity contribution in [1.29, 1.82) is 0 Å². The zero-order valence-electron chi connectivity index (χ0n) is 48.8. The number of carboxylic acids is 1. The molecule has 4 saturated heterocycles. The van der Waals surface area contributed by atoms with Crippen molar-refractivity contribution in [2.75, 3.05) is 26.4 Å². The smallest absolute Gasteiger partial charge is 0.335 e. The number of aliphatic carboxylic acids is 1. The molecule has 29 unspecified atom stereocenters. The van der Waals surface area contributed by atoms with Crippen LogP contribution in [0.4, 0.5) is 0 Å². The minimum absolute atomic E-state index is 0.0485. The van der Waals surface area contributed by atoms with Gasteiger partial charge < -0.3 is 114 Å². The second-order valence-electron chi connectivity index (χ2n) is 27.5. The number of carbonyl (C=O) groups is 2. The Bertz CT molecular complexity index is 2390. The molecule has 0 amide bonds. The Kier molecular flexibility index (Phi) is 18.7. The van der Waals surface area contributed by atoms with E-state index < -0.39 is 183 Å². The molecule has 0 aromatic rings. The maximum Gasteiger partial charge on any atom is 0.335 e. The SMILES string of the molecule is CC=C(C)C(=O)OC1CC(C)(C)CC2C3=CCC4C5(C)CCC(OC6OC(C(=O)O)C(O)C(OC7OC(CO)C(O)C(O)C7OC7OCC(O)C(O)C7O)C6OC6OC(CO)C(O)C(O)C6O)C(C)(C)C5CCC4(C)C3(C)CC(O)C12CO. The molecule has 4 heterocycles. The molecule has 29 atom stereocenters. The van der Waals surface area contributed by atoms with Crippen molar-refractivity contribution in [2.45, 2.75) is 249 Å². The van der Waals surface area contributed by atoms with Gasteiger partial charge in [-0.25, -0.2) is 9.59 Å². The van der Waals surface area contributed by atoms with Gasteiger partial charge in [-0.15, -0.1) is 0 Å². The second-order valence-corrected chi connectivity index (χ2v) is 27.5. The molecule has 8 fully saturated rings. The van der Waals surface area contributed by atoms with Crippen LogP contribution in [-0.4, -0.2) is 245 Å². The summed E-state index contributed by atoms with van der Waals surface area (Å²) in [4.78, 5) is 26.6. The average molecular weight is 1190 g/mol. The quantitative estimate of drug-likeness (QED) is 0.0413. The maximum absolute atomic E-state index is 13.4. The van der Waals surface area contributed by atoms with Gasteiger partial charge in [0.05, 0.1) is 44.1 Å². The number of esters is 1. The molecule has 25 heteroatoms. The number of aliphatic hydroxyl groups excluding tert-OH is 13. The van der Waals surface area contributed by atoms with E-state index in [9.17, 15) is 81.1 Å². The van der Waals surface area contributed by atoms with E-state index in [0.29, 0.717) is 56.9 Å². The summed E-state index contributed by atoms with van der Waals surface area (Å²) >= 11 is 0. The molecule has 5 aliphatic carbocycles. The predicted molar refractivity (Wildman–Crippen MR) is 283 cm³/mol. The highest BCUT2D eigenvalue weighted by molar-refractivity contribution is 5.87. The number of ether oxygens (including phenoxy) is 9. The van der Waals surface area contributed by atoms with Crippen LogP contribution in [0.15, 0.2) is 23.3 Å². The van der Waals surface area contributed by atoms with Gasteiger partial charge in [0.15, 0.2) is 31.3 Å². The third kappa shape index (κ3) is 10.8. The lowest BCUT2D eigenvalue weighted by molar-refractivity contribution is -0.405. The van der Waals surface area contributed by atoms with Crippen LogP contribution in [0, 0.1) is 50.2 Å². The summed E-state index contributed by atoms with van der Waals surface area (Å²) in [5.74, 6) is -2.53. The van der Waals surface area contributed by atoms with Gasteiger partial charge in [-0.1, -0.05) is 66.2 Å². The summed E-state index contributed by atoms with van der Waals surface area (Å²) < 4.78 is 55.0. The van der Waals surface area contributed by atoms with Crippen molar-refractivity contribution < 1.29 is 124 Å². The van der Waals surface area contributed by atoms with Crippen molar-refractivity contribution in [2.24, 2.45) is 50.2 Å². The van der Waals surface area contributed by atoms with Crippen LogP contribution in [0.25, 0.3) is 0 Å². The maximum atomic E-state index is 13.4. The Morgan fingerprint density at radius 1 is 0.639 bits per heavy atom. The van der Waals surface area contributed by atoms with Crippen molar-refractivity contribution in [3.05, 3.63) is 23.3 Å². The van der Waals surface area contributed by atoms with E-state index >= 15 is 0 Å². The van der Waals surface area contributed by atoms with Crippen molar-refractivity contribution in [3.8, 4) is 0 Å². The lowest BCUT2D eigenvalue weighted by Crippen LogP contribution is -2.70. The third-order valence-electron chi connectivity index (χ3n) is 22.1. The molecule has 0 spiro atoms. The van der Waals surface area contributed by atoms with Crippen LogP contribution in [0.3, 0.4) is 0 Å². The molecular weight excluding hydrogens is 1100 g/mol. The number of fused-ring (bicyclic) bond motifs is 7. The highest BCUT2D eigenvalue weighted by Gasteiger charge is 2.72. The number of carbonyl (C=O) groups excluding carboxylic acids is 1. The van der Waals surface area contributed by atoms with Crippen molar-refractivity contribution in [3.63, 3.8) is 0 Å². The third-order valence-corrected chi connectivity index (χ3v) is 22.1. The summed E-state index contributed by atoms with van der Waals surface area (Å²) in [7, 11) is 0. The first-order chi connectivity index (χ1) is 38.8. The van der Waals surface area contributed by atoms with Crippen LogP contribution in [0.2, 0.25) is 0 Å². The minimum Gasteiger partial charge on any atom is -0.479 e. The number of rotatable bonds is 14. The number of hydrogen-bond acceptors (Lipinski definition) is 24. The Hall–Kier alpha value is -2.42. The van der Waals surface area contributed by atoms with E-state index in [1.165, 1.54) is 5.57 Å². The van der Waals surface area contributed by atoms with Gasteiger partial charge in [-0.05, 0) is 110 Å². The van der Waals surface area contributed by atoms with E-state index in [1.54, 1.807) is 19.9 Å².